The van der Waals surface area contributed by atoms with Crippen LogP contribution in [0.15, 0.2) is 23.0 Å². The summed E-state index contributed by atoms with van der Waals surface area (Å²) in [5.74, 6) is -0.167. The highest BCUT2D eigenvalue weighted by Gasteiger charge is 2.43. The van der Waals surface area contributed by atoms with E-state index in [1.807, 2.05) is 0 Å². The Morgan fingerprint density at radius 1 is 1.81 bits per heavy atom. The van der Waals surface area contributed by atoms with Crippen molar-refractivity contribution in [1.82, 2.24) is 0 Å². The maximum absolute atomic E-state index is 12.3. The molecular formula is C10H16ClO4P. The molecule has 0 radical (unpaired) electrons. The first-order valence-electron chi connectivity index (χ1n) is 4.98. The summed E-state index contributed by atoms with van der Waals surface area (Å²) in [6.45, 7) is 6.22. The molecular weight excluding hydrogens is 251 g/mol. The van der Waals surface area contributed by atoms with Gasteiger partial charge in [-0.15, -0.1) is 6.58 Å². The second-order valence-electron chi connectivity index (χ2n) is 3.28. The molecule has 1 fully saturated rings. The average Bonchev–Trinajstić information content (AvgIpc) is 2.56. The Labute approximate surface area is 101 Å². The van der Waals surface area contributed by atoms with Crippen LogP contribution in [0.3, 0.4) is 0 Å². The normalized spacial score (nSPS) is 32.8. The van der Waals surface area contributed by atoms with Gasteiger partial charge in [0.1, 0.15) is 0 Å². The van der Waals surface area contributed by atoms with E-state index < -0.39 is 7.60 Å². The predicted molar refractivity (Wildman–Crippen MR) is 63.6 cm³/mol. The Morgan fingerprint density at radius 3 is 3.00 bits per heavy atom. The summed E-state index contributed by atoms with van der Waals surface area (Å²) in [5, 5.41) is 0.856. The lowest BCUT2D eigenvalue weighted by Gasteiger charge is -2.14. The first-order chi connectivity index (χ1) is 7.59. The van der Waals surface area contributed by atoms with Crippen LogP contribution < -0.4 is 0 Å². The van der Waals surface area contributed by atoms with Gasteiger partial charge in [-0.3, -0.25) is 4.57 Å². The van der Waals surface area contributed by atoms with Gasteiger partial charge in [0.05, 0.1) is 30.2 Å². The molecule has 0 saturated carbocycles. The molecule has 0 bridgehead atoms. The first kappa shape index (κ1) is 13.9. The highest BCUT2D eigenvalue weighted by Crippen LogP contribution is 2.65. The Balaban J connectivity index is 3.09. The Hall–Kier alpha value is -0.120. The molecule has 6 heteroatoms. The van der Waals surface area contributed by atoms with Crippen LogP contribution in [-0.2, 0) is 18.3 Å². The van der Waals surface area contributed by atoms with E-state index in [4.69, 9.17) is 25.4 Å². The minimum absolute atomic E-state index is 0.167. The van der Waals surface area contributed by atoms with Gasteiger partial charge in [0, 0.05) is 13.0 Å². The van der Waals surface area contributed by atoms with Crippen LogP contribution in [0.4, 0.5) is 0 Å². The van der Waals surface area contributed by atoms with Crippen LogP contribution >= 0.6 is 19.2 Å². The maximum atomic E-state index is 12.3. The molecule has 0 aromatic carbocycles. The minimum atomic E-state index is -3.24. The van der Waals surface area contributed by atoms with Crippen molar-refractivity contribution in [1.29, 1.82) is 0 Å². The van der Waals surface area contributed by atoms with Crippen molar-refractivity contribution in [3.8, 4) is 0 Å². The SMILES string of the molecule is C=CC1COP(=O)(OCC)/C1=C(\Cl)COC. The summed E-state index contributed by atoms with van der Waals surface area (Å²) in [7, 11) is -1.72. The van der Waals surface area contributed by atoms with Crippen molar-refractivity contribution >= 4 is 19.2 Å². The lowest BCUT2D eigenvalue weighted by atomic mass is 10.1. The van der Waals surface area contributed by atoms with Gasteiger partial charge in [-0.2, -0.15) is 0 Å². The van der Waals surface area contributed by atoms with Gasteiger partial charge < -0.3 is 13.8 Å². The Morgan fingerprint density at radius 2 is 2.50 bits per heavy atom. The number of methoxy groups -OCH3 is 1. The lowest BCUT2D eigenvalue weighted by molar-refractivity contribution is 0.229. The molecule has 1 aliphatic rings. The molecule has 0 amide bonds. The monoisotopic (exact) mass is 266 g/mol. The van der Waals surface area contributed by atoms with E-state index in [-0.39, 0.29) is 19.1 Å². The van der Waals surface area contributed by atoms with Gasteiger partial charge in [0.25, 0.3) is 0 Å². The fourth-order valence-electron chi connectivity index (χ4n) is 1.54. The van der Waals surface area contributed by atoms with Crippen LogP contribution in [0.1, 0.15) is 6.92 Å². The van der Waals surface area contributed by atoms with Gasteiger partial charge in [-0.1, -0.05) is 17.7 Å². The second kappa shape index (κ2) is 5.99. The molecule has 92 valence electrons. The average molecular weight is 267 g/mol. The quantitative estimate of drug-likeness (QED) is 0.566. The molecule has 0 N–H and O–H groups in total. The molecule has 4 nitrogen and oxygen atoms in total. The lowest BCUT2D eigenvalue weighted by Crippen LogP contribution is -2.02. The van der Waals surface area contributed by atoms with Crippen molar-refractivity contribution in [3.05, 3.63) is 23.0 Å². The van der Waals surface area contributed by atoms with E-state index >= 15 is 0 Å². The van der Waals surface area contributed by atoms with Crippen molar-refractivity contribution < 1.29 is 18.3 Å². The van der Waals surface area contributed by atoms with Gasteiger partial charge >= 0.3 is 7.60 Å². The summed E-state index contributed by atoms with van der Waals surface area (Å²) in [6, 6.07) is 0. The largest absolute Gasteiger partial charge is 0.379 e. The second-order valence-corrected chi connectivity index (χ2v) is 5.73. The van der Waals surface area contributed by atoms with Crippen LogP contribution in [0.2, 0.25) is 0 Å². The van der Waals surface area contributed by atoms with Crippen molar-refractivity contribution in [3.63, 3.8) is 0 Å². The number of halogens is 1. The third kappa shape index (κ3) is 2.76. The highest BCUT2D eigenvalue weighted by atomic mass is 35.5. The van der Waals surface area contributed by atoms with E-state index in [2.05, 4.69) is 6.58 Å². The van der Waals surface area contributed by atoms with E-state index in [1.54, 1.807) is 13.0 Å². The zero-order chi connectivity index (χ0) is 12.2. The van der Waals surface area contributed by atoms with E-state index in [0.29, 0.717) is 17.0 Å². The molecule has 0 spiro atoms. The summed E-state index contributed by atoms with van der Waals surface area (Å²) in [4.78, 5) is 0. The molecule has 0 aliphatic carbocycles. The number of hydrogen-bond acceptors (Lipinski definition) is 4. The number of hydrogen-bond donors (Lipinski definition) is 0. The Bertz CT molecular complexity index is 340. The summed E-state index contributed by atoms with van der Waals surface area (Å²) < 4.78 is 27.7. The molecule has 2 unspecified atom stereocenters. The maximum Gasteiger partial charge on any atom is 0.359 e. The molecule has 1 heterocycles. The Kier molecular flexibility index (Phi) is 5.22. The van der Waals surface area contributed by atoms with Gasteiger partial charge in [-0.05, 0) is 6.92 Å². The smallest absolute Gasteiger partial charge is 0.359 e. The zero-order valence-electron chi connectivity index (χ0n) is 9.44. The molecule has 0 aromatic rings. The highest BCUT2D eigenvalue weighted by molar-refractivity contribution is 7.59. The molecule has 2 atom stereocenters. The first-order valence-corrected chi connectivity index (χ1v) is 6.90. The third-order valence-corrected chi connectivity index (χ3v) is 4.93. The molecule has 1 aliphatic heterocycles. The van der Waals surface area contributed by atoms with Crippen molar-refractivity contribution in [2.45, 2.75) is 6.92 Å². The summed E-state index contributed by atoms with van der Waals surface area (Å²) in [5.41, 5.74) is 0. The number of ether oxygens (including phenoxy) is 1. The molecule has 1 rings (SSSR count). The molecule has 0 aromatic heterocycles. The third-order valence-electron chi connectivity index (χ3n) is 2.20. The topological polar surface area (TPSA) is 44.8 Å². The van der Waals surface area contributed by atoms with Crippen molar-refractivity contribution in [2.75, 3.05) is 26.9 Å². The summed E-state index contributed by atoms with van der Waals surface area (Å²) in [6.07, 6.45) is 1.66. The molecule has 1 saturated heterocycles. The van der Waals surface area contributed by atoms with Crippen molar-refractivity contribution in [2.24, 2.45) is 5.92 Å². The van der Waals surface area contributed by atoms with Crippen LogP contribution in [0, 0.1) is 5.92 Å². The van der Waals surface area contributed by atoms with Gasteiger partial charge in [-0.25, -0.2) is 0 Å². The van der Waals surface area contributed by atoms with Crippen LogP contribution in [0.5, 0.6) is 0 Å². The minimum Gasteiger partial charge on any atom is -0.379 e. The fourth-order valence-corrected chi connectivity index (χ4v) is 4.09. The standard InChI is InChI=1S/C10H16ClO4P/c1-4-8-6-15-16(12,14-5-2)10(8)9(11)7-13-3/h4,8H,1,5-7H2,2-3H3/b10-9-. The van der Waals surface area contributed by atoms with Crippen LogP contribution in [0.25, 0.3) is 0 Å². The van der Waals surface area contributed by atoms with E-state index in [9.17, 15) is 4.57 Å². The molecule has 16 heavy (non-hydrogen) atoms. The van der Waals surface area contributed by atoms with Gasteiger partial charge in [0.2, 0.25) is 0 Å². The van der Waals surface area contributed by atoms with E-state index in [0.717, 1.165) is 0 Å². The van der Waals surface area contributed by atoms with Crippen LogP contribution in [-0.4, -0.2) is 26.9 Å². The summed E-state index contributed by atoms with van der Waals surface area (Å²) >= 11 is 6.06. The van der Waals surface area contributed by atoms with Gasteiger partial charge in [0.15, 0.2) is 0 Å². The van der Waals surface area contributed by atoms with E-state index in [1.165, 1.54) is 7.11 Å². The predicted octanol–water partition coefficient (Wildman–Crippen LogP) is 3.15. The zero-order valence-corrected chi connectivity index (χ0v) is 11.1. The number of rotatable bonds is 5. The fraction of sp³-hybridized carbons (Fsp3) is 0.600.